The van der Waals surface area contributed by atoms with E-state index in [9.17, 15) is 18.4 Å². The summed E-state index contributed by atoms with van der Waals surface area (Å²) in [5, 5.41) is 2.72. The second-order valence-corrected chi connectivity index (χ2v) is 5.59. The van der Waals surface area contributed by atoms with Crippen LogP contribution in [0.3, 0.4) is 0 Å². The Hall–Kier alpha value is -3.03. The first-order valence-electron chi connectivity index (χ1n) is 7.71. The zero-order chi connectivity index (χ0) is 17.8. The van der Waals surface area contributed by atoms with E-state index in [-0.39, 0.29) is 18.1 Å². The largest absolute Gasteiger partial charge is 0.350 e. The normalized spacial score (nSPS) is 14.1. The fourth-order valence-electron chi connectivity index (χ4n) is 2.55. The van der Waals surface area contributed by atoms with Crippen LogP contribution in [0.25, 0.3) is 0 Å². The van der Waals surface area contributed by atoms with Gasteiger partial charge in [-0.15, -0.1) is 0 Å². The van der Waals surface area contributed by atoms with Crippen molar-refractivity contribution in [2.45, 2.75) is 6.54 Å². The molecule has 0 spiro atoms. The summed E-state index contributed by atoms with van der Waals surface area (Å²) in [6, 6.07) is 6.47. The molecule has 2 heterocycles. The number of nitrogens with one attached hydrogen (secondary N) is 1. The van der Waals surface area contributed by atoms with Crippen molar-refractivity contribution in [1.29, 1.82) is 0 Å². The standard InChI is InChI=1S/C17H16F2N4O2/c18-14-4-3-13(8-15(14)19)23-7-6-22(17(23)25)11-16(24)21-10-12-2-1-5-20-9-12/h1-5,8-9H,6-7,10-11H2,(H,21,24). The van der Waals surface area contributed by atoms with Gasteiger partial charge in [0.2, 0.25) is 5.91 Å². The Morgan fingerprint density at radius 2 is 2.04 bits per heavy atom. The van der Waals surface area contributed by atoms with Crippen molar-refractivity contribution in [3.05, 3.63) is 59.9 Å². The third kappa shape index (κ3) is 3.90. The van der Waals surface area contributed by atoms with Crippen molar-refractivity contribution in [3.63, 3.8) is 0 Å². The highest BCUT2D eigenvalue weighted by Gasteiger charge is 2.31. The number of carbonyl (C=O) groups is 2. The molecule has 3 rings (SSSR count). The van der Waals surface area contributed by atoms with Gasteiger partial charge in [-0.05, 0) is 23.8 Å². The minimum Gasteiger partial charge on any atom is -0.350 e. The summed E-state index contributed by atoms with van der Waals surface area (Å²) in [6.45, 7) is 0.860. The summed E-state index contributed by atoms with van der Waals surface area (Å²) in [5.41, 5.74) is 1.12. The first-order valence-corrected chi connectivity index (χ1v) is 7.71. The predicted octanol–water partition coefficient (Wildman–Crippen LogP) is 1.92. The summed E-state index contributed by atoms with van der Waals surface area (Å²) in [7, 11) is 0. The van der Waals surface area contributed by atoms with E-state index in [4.69, 9.17) is 0 Å². The molecule has 0 saturated carbocycles. The molecular weight excluding hydrogens is 330 g/mol. The molecular formula is C17H16F2N4O2. The highest BCUT2D eigenvalue weighted by molar-refractivity contribution is 5.96. The van der Waals surface area contributed by atoms with E-state index in [0.717, 1.165) is 17.7 Å². The maximum Gasteiger partial charge on any atom is 0.325 e. The zero-order valence-electron chi connectivity index (χ0n) is 13.3. The van der Waals surface area contributed by atoms with E-state index in [0.29, 0.717) is 19.6 Å². The molecule has 8 heteroatoms. The summed E-state index contributed by atoms with van der Waals surface area (Å²) in [4.78, 5) is 31.0. The van der Waals surface area contributed by atoms with E-state index in [1.165, 1.54) is 15.9 Å². The third-order valence-electron chi connectivity index (χ3n) is 3.86. The van der Waals surface area contributed by atoms with Gasteiger partial charge in [-0.2, -0.15) is 0 Å². The minimum absolute atomic E-state index is 0.0979. The molecule has 1 aliphatic rings. The van der Waals surface area contributed by atoms with Gasteiger partial charge in [-0.1, -0.05) is 6.07 Å². The van der Waals surface area contributed by atoms with E-state index in [1.807, 2.05) is 6.07 Å². The number of anilines is 1. The van der Waals surface area contributed by atoms with Crippen molar-refractivity contribution in [3.8, 4) is 0 Å². The Kier molecular flexibility index (Phi) is 4.87. The van der Waals surface area contributed by atoms with E-state index in [2.05, 4.69) is 10.3 Å². The zero-order valence-corrected chi connectivity index (χ0v) is 13.3. The molecule has 1 aromatic heterocycles. The van der Waals surface area contributed by atoms with Gasteiger partial charge in [0.15, 0.2) is 11.6 Å². The maximum atomic E-state index is 13.3. The quantitative estimate of drug-likeness (QED) is 0.900. The van der Waals surface area contributed by atoms with Crippen LogP contribution in [0.4, 0.5) is 19.3 Å². The smallest absolute Gasteiger partial charge is 0.325 e. The van der Waals surface area contributed by atoms with Crippen LogP contribution in [0.15, 0.2) is 42.7 Å². The molecule has 1 fully saturated rings. The summed E-state index contributed by atoms with van der Waals surface area (Å²) in [6.07, 6.45) is 3.28. The molecule has 0 atom stereocenters. The Labute approximate surface area is 143 Å². The number of carbonyl (C=O) groups excluding carboxylic acids is 2. The molecule has 0 aliphatic carbocycles. The first-order chi connectivity index (χ1) is 12.0. The predicted molar refractivity (Wildman–Crippen MR) is 86.8 cm³/mol. The molecule has 6 nitrogen and oxygen atoms in total. The number of rotatable bonds is 5. The maximum absolute atomic E-state index is 13.3. The summed E-state index contributed by atoms with van der Waals surface area (Å²) < 4.78 is 26.3. The number of benzene rings is 1. The second kappa shape index (κ2) is 7.25. The lowest BCUT2D eigenvalue weighted by atomic mass is 10.3. The van der Waals surface area contributed by atoms with Gasteiger partial charge >= 0.3 is 6.03 Å². The van der Waals surface area contributed by atoms with Gasteiger partial charge in [-0.25, -0.2) is 13.6 Å². The van der Waals surface area contributed by atoms with Gasteiger partial charge in [0.1, 0.15) is 6.54 Å². The molecule has 130 valence electrons. The van der Waals surface area contributed by atoms with Crippen molar-refractivity contribution in [1.82, 2.24) is 15.2 Å². The first kappa shape index (κ1) is 16.8. The van der Waals surface area contributed by atoms with Crippen molar-refractivity contribution < 1.29 is 18.4 Å². The lowest BCUT2D eigenvalue weighted by Gasteiger charge is -2.18. The Balaban J connectivity index is 1.56. The topological polar surface area (TPSA) is 65.5 Å². The van der Waals surface area contributed by atoms with Gasteiger partial charge < -0.3 is 10.2 Å². The van der Waals surface area contributed by atoms with Crippen LogP contribution in [-0.4, -0.2) is 41.5 Å². The van der Waals surface area contributed by atoms with Gasteiger partial charge in [0.25, 0.3) is 0 Å². The molecule has 1 aliphatic heterocycles. The SMILES string of the molecule is O=C(CN1CCN(c2ccc(F)c(F)c2)C1=O)NCc1cccnc1. The molecule has 0 unspecified atom stereocenters. The number of halogens is 2. The number of amides is 3. The highest BCUT2D eigenvalue weighted by atomic mass is 19.2. The van der Waals surface area contributed by atoms with Crippen LogP contribution in [-0.2, 0) is 11.3 Å². The fourth-order valence-corrected chi connectivity index (χ4v) is 2.55. The lowest BCUT2D eigenvalue weighted by molar-refractivity contribution is -0.121. The number of aromatic nitrogens is 1. The average molecular weight is 346 g/mol. The van der Waals surface area contributed by atoms with Crippen LogP contribution in [0.2, 0.25) is 0 Å². The van der Waals surface area contributed by atoms with Crippen LogP contribution >= 0.6 is 0 Å². The highest BCUT2D eigenvalue weighted by Crippen LogP contribution is 2.22. The Morgan fingerprint density at radius 1 is 1.20 bits per heavy atom. The Bertz CT molecular complexity index is 785. The van der Waals surface area contributed by atoms with Crippen molar-refractivity contribution in [2.75, 3.05) is 24.5 Å². The molecule has 25 heavy (non-hydrogen) atoms. The molecule has 0 bridgehead atoms. The van der Waals surface area contributed by atoms with Gasteiger partial charge in [0.05, 0.1) is 0 Å². The number of hydrogen-bond donors (Lipinski definition) is 1. The molecule has 2 aromatic rings. The average Bonchev–Trinajstić information content (AvgIpc) is 2.97. The number of urea groups is 1. The van der Waals surface area contributed by atoms with E-state index in [1.54, 1.807) is 18.5 Å². The molecule has 1 aromatic carbocycles. The van der Waals surface area contributed by atoms with Gasteiger partial charge in [0, 0.05) is 43.8 Å². The summed E-state index contributed by atoms with van der Waals surface area (Å²) >= 11 is 0. The molecule has 1 N–H and O–H groups in total. The number of nitrogens with zero attached hydrogens (tertiary/aromatic N) is 3. The monoisotopic (exact) mass is 346 g/mol. The van der Waals surface area contributed by atoms with Gasteiger partial charge in [-0.3, -0.25) is 14.7 Å². The van der Waals surface area contributed by atoms with E-state index < -0.39 is 17.7 Å². The number of hydrogen-bond acceptors (Lipinski definition) is 3. The van der Waals surface area contributed by atoms with Crippen LogP contribution in [0, 0.1) is 11.6 Å². The van der Waals surface area contributed by atoms with E-state index >= 15 is 0 Å². The Morgan fingerprint density at radius 3 is 2.76 bits per heavy atom. The van der Waals surface area contributed by atoms with Crippen LogP contribution in [0.1, 0.15) is 5.56 Å². The fraction of sp³-hybridized carbons (Fsp3) is 0.235. The molecule has 0 radical (unpaired) electrons. The number of pyridine rings is 1. The molecule has 3 amide bonds. The lowest BCUT2D eigenvalue weighted by Crippen LogP contribution is -2.39. The summed E-state index contributed by atoms with van der Waals surface area (Å²) in [5.74, 6) is -2.29. The van der Waals surface area contributed by atoms with Crippen LogP contribution in [0.5, 0.6) is 0 Å². The minimum atomic E-state index is -1.02. The van der Waals surface area contributed by atoms with Crippen molar-refractivity contribution in [2.24, 2.45) is 0 Å². The van der Waals surface area contributed by atoms with Crippen molar-refractivity contribution >= 4 is 17.6 Å². The third-order valence-corrected chi connectivity index (χ3v) is 3.86. The second-order valence-electron chi connectivity index (χ2n) is 5.59. The molecule has 1 saturated heterocycles. The van der Waals surface area contributed by atoms with Crippen LogP contribution < -0.4 is 10.2 Å².